The molecule has 1 aromatic heterocycles. The van der Waals surface area contributed by atoms with Crippen molar-refractivity contribution in [3.05, 3.63) is 45.6 Å². The van der Waals surface area contributed by atoms with Crippen LogP contribution in [0.25, 0.3) is 0 Å². The first-order valence-corrected chi connectivity index (χ1v) is 7.80. The minimum absolute atomic E-state index is 0.243. The fraction of sp³-hybridized carbons (Fsp3) is 0.312. The molecule has 4 nitrogen and oxygen atoms in total. The number of thiophene rings is 1. The van der Waals surface area contributed by atoms with Crippen molar-refractivity contribution >= 4 is 28.7 Å². The van der Waals surface area contributed by atoms with E-state index in [2.05, 4.69) is 23.3 Å². The smallest absolute Gasteiger partial charge is 0.340 e. The molecule has 5 heteroatoms. The van der Waals surface area contributed by atoms with E-state index in [1.807, 2.05) is 12.1 Å². The second kappa shape index (κ2) is 5.41. The van der Waals surface area contributed by atoms with Crippen molar-refractivity contribution in [2.24, 2.45) is 0 Å². The second-order valence-electron chi connectivity index (χ2n) is 5.19. The highest BCUT2D eigenvalue weighted by molar-refractivity contribution is 7.10. The molecular weight excluding hydrogens is 284 g/mol. The molecule has 0 amide bonds. The molecule has 0 saturated carbocycles. The number of benzene rings is 1. The van der Waals surface area contributed by atoms with Crippen LogP contribution in [0.2, 0.25) is 0 Å². The normalized spacial score (nSPS) is 17.4. The maximum Gasteiger partial charge on any atom is 0.340 e. The number of carbonyl (C=O) groups excluding carboxylic acids is 1. The van der Waals surface area contributed by atoms with Gasteiger partial charge < -0.3 is 15.4 Å². The highest BCUT2D eigenvalue weighted by Gasteiger charge is 2.28. The van der Waals surface area contributed by atoms with Crippen molar-refractivity contribution < 1.29 is 9.53 Å². The Balaban J connectivity index is 2.03. The lowest BCUT2D eigenvalue weighted by Gasteiger charge is -2.36. The third kappa shape index (κ3) is 2.38. The lowest BCUT2D eigenvalue weighted by Crippen LogP contribution is -2.34. The van der Waals surface area contributed by atoms with Crippen LogP contribution in [0, 0.1) is 0 Å². The molecule has 2 N–H and O–H groups in total. The molecule has 0 radical (unpaired) electrons. The number of carbonyl (C=O) groups is 1. The summed E-state index contributed by atoms with van der Waals surface area (Å²) < 4.78 is 4.89. The van der Waals surface area contributed by atoms with Gasteiger partial charge in [-0.05, 0) is 48.6 Å². The topological polar surface area (TPSA) is 55.6 Å². The van der Waals surface area contributed by atoms with Gasteiger partial charge in [-0.3, -0.25) is 0 Å². The van der Waals surface area contributed by atoms with E-state index in [9.17, 15) is 4.79 Å². The van der Waals surface area contributed by atoms with E-state index < -0.39 is 0 Å². The number of fused-ring (bicyclic) bond motifs is 1. The van der Waals surface area contributed by atoms with Crippen molar-refractivity contribution in [2.45, 2.75) is 19.4 Å². The van der Waals surface area contributed by atoms with E-state index in [0.717, 1.165) is 18.7 Å². The van der Waals surface area contributed by atoms with Crippen LogP contribution < -0.4 is 10.6 Å². The van der Waals surface area contributed by atoms with Crippen molar-refractivity contribution in [1.29, 1.82) is 0 Å². The van der Waals surface area contributed by atoms with Crippen LogP contribution >= 0.6 is 11.3 Å². The molecule has 1 aliphatic rings. The van der Waals surface area contributed by atoms with Crippen LogP contribution in [0.3, 0.4) is 0 Å². The highest BCUT2D eigenvalue weighted by Crippen LogP contribution is 2.37. The minimum Gasteiger partial charge on any atom is -0.465 e. The van der Waals surface area contributed by atoms with Crippen LogP contribution in [0.15, 0.2) is 29.6 Å². The summed E-state index contributed by atoms with van der Waals surface area (Å²) in [6.07, 6.45) is 1.00. The number of ether oxygens (including phenoxy) is 1. The molecule has 1 unspecified atom stereocenters. The third-order valence-electron chi connectivity index (χ3n) is 4.01. The fourth-order valence-corrected chi connectivity index (χ4v) is 3.88. The summed E-state index contributed by atoms with van der Waals surface area (Å²) in [4.78, 5) is 15.7. The molecule has 2 aromatic rings. The summed E-state index contributed by atoms with van der Waals surface area (Å²) in [6, 6.07) is 7.85. The van der Waals surface area contributed by atoms with Crippen LogP contribution in [0.4, 0.5) is 11.4 Å². The molecule has 3 rings (SSSR count). The van der Waals surface area contributed by atoms with Crippen LogP contribution in [-0.2, 0) is 11.2 Å². The average Bonchev–Trinajstić information content (AvgIpc) is 2.97. The first-order chi connectivity index (χ1) is 10.1. The number of nitrogens with zero attached hydrogens (tertiary/aromatic N) is 1. The number of rotatable bonds is 2. The zero-order chi connectivity index (χ0) is 15.0. The molecule has 1 aromatic carbocycles. The number of hydrogen-bond donors (Lipinski definition) is 1. The second-order valence-corrected chi connectivity index (χ2v) is 6.19. The van der Waals surface area contributed by atoms with Gasteiger partial charge in [-0.25, -0.2) is 4.79 Å². The quantitative estimate of drug-likeness (QED) is 0.683. The van der Waals surface area contributed by atoms with Gasteiger partial charge >= 0.3 is 5.97 Å². The van der Waals surface area contributed by atoms with Gasteiger partial charge in [-0.15, -0.1) is 11.3 Å². The largest absolute Gasteiger partial charge is 0.465 e. The van der Waals surface area contributed by atoms with Crippen LogP contribution in [0.5, 0.6) is 0 Å². The predicted octanol–water partition coefficient (Wildman–Crippen LogP) is 3.24. The average molecular weight is 302 g/mol. The summed E-state index contributed by atoms with van der Waals surface area (Å²) in [7, 11) is 1.39. The standard InChI is InChI=1S/C16H18N2O2S/c1-10-12-6-8-21-15(12)5-7-18(10)14-4-3-11(17)9-13(14)16(19)20-2/h3-4,6,8-10H,5,7,17H2,1-2H3. The molecule has 2 heterocycles. The lowest BCUT2D eigenvalue weighted by molar-refractivity contribution is 0.0601. The fourth-order valence-electron chi connectivity index (χ4n) is 2.92. The summed E-state index contributed by atoms with van der Waals surface area (Å²) in [5, 5.41) is 2.13. The molecule has 0 bridgehead atoms. The number of esters is 1. The Morgan fingerprint density at radius 3 is 3.00 bits per heavy atom. The highest BCUT2D eigenvalue weighted by atomic mass is 32.1. The van der Waals surface area contributed by atoms with E-state index in [4.69, 9.17) is 10.5 Å². The molecule has 0 aliphatic carbocycles. The first kappa shape index (κ1) is 13.9. The number of hydrogen-bond acceptors (Lipinski definition) is 5. The van der Waals surface area contributed by atoms with Crippen LogP contribution in [0.1, 0.15) is 33.8 Å². The monoisotopic (exact) mass is 302 g/mol. The predicted molar refractivity (Wildman–Crippen MR) is 86.0 cm³/mol. The van der Waals surface area contributed by atoms with Gasteiger partial charge in [0.15, 0.2) is 0 Å². The van der Waals surface area contributed by atoms with Crippen molar-refractivity contribution in [3.63, 3.8) is 0 Å². The number of anilines is 2. The van der Waals surface area contributed by atoms with Gasteiger partial charge in [0.25, 0.3) is 0 Å². The Kier molecular flexibility index (Phi) is 3.59. The first-order valence-electron chi connectivity index (χ1n) is 6.92. The van der Waals surface area contributed by atoms with E-state index in [0.29, 0.717) is 11.3 Å². The molecular formula is C16H18N2O2S. The Labute approximate surface area is 128 Å². The number of nitrogen functional groups attached to an aromatic ring is 1. The summed E-state index contributed by atoms with van der Waals surface area (Å²) in [6.45, 7) is 3.06. The Bertz CT molecular complexity index is 681. The maximum atomic E-state index is 12.0. The molecule has 1 atom stereocenters. The van der Waals surface area contributed by atoms with Crippen LogP contribution in [-0.4, -0.2) is 19.6 Å². The zero-order valence-electron chi connectivity index (χ0n) is 12.1. The van der Waals surface area contributed by atoms with E-state index in [-0.39, 0.29) is 12.0 Å². The van der Waals surface area contributed by atoms with Gasteiger partial charge in [0.2, 0.25) is 0 Å². The Morgan fingerprint density at radius 1 is 1.43 bits per heavy atom. The molecule has 21 heavy (non-hydrogen) atoms. The molecule has 110 valence electrons. The molecule has 0 spiro atoms. The molecule has 0 fully saturated rings. The van der Waals surface area contributed by atoms with Crippen molar-refractivity contribution in [3.8, 4) is 0 Å². The van der Waals surface area contributed by atoms with Gasteiger partial charge in [0, 0.05) is 17.1 Å². The summed E-state index contributed by atoms with van der Waals surface area (Å²) in [5.74, 6) is -0.347. The van der Waals surface area contributed by atoms with Crippen molar-refractivity contribution in [1.82, 2.24) is 0 Å². The van der Waals surface area contributed by atoms with E-state index in [1.165, 1.54) is 17.6 Å². The molecule has 1 aliphatic heterocycles. The Morgan fingerprint density at radius 2 is 2.24 bits per heavy atom. The SMILES string of the molecule is COC(=O)c1cc(N)ccc1N1CCc2sccc2C1C. The minimum atomic E-state index is -0.347. The van der Waals surface area contributed by atoms with Gasteiger partial charge in [-0.2, -0.15) is 0 Å². The number of nitrogens with two attached hydrogens (primary N) is 1. The van der Waals surface area contributed by atoms with E-state index >= 15 is 0 Å². The zero-order valence-corrected chi connectivity index (χ0v) is 12.9. The van der Waals surface area contributed by atoms with E-state index in [1.54, 1.807) is 17.4 Å². The van der Waals surface area contributed by atoms with Gasteiger partial charge in [0.05, 0.1) is 24.4 Å². The lowest BCUT2D eigenvalue weighted by atomic mass is 9.99. The summed E-state index contributed by atoms with van der Waals surface area (Å²) >= 11 is 1.81. The van der Waals surface area contributed by atoms with Gasteiger partial charge in [-0.1, -0.05) is 0 Å². The Hall–Kier alpha value is -2.01. The van der Waals surface area contributed by atoms with Crippen molar-refractivity contribution in [2.75, 3.05) is 24.3 Å². The molecule has 0 saturated heterocycles. The number of methoxy groups -OCH3 is 1. The summed E-state index contributed by atoms with van der Waals surface area (Å²) in [5.41, 5.74) is 9.16. The van der Waals surface area contributed by atoms with Gasteiger partial charge in [0.1, 0.15) is 0 Å². The maximum absolute atomic E-state index is 12.0. The third-order valence-corrected chi connectivity index (χ3v) is 5.01.